The largest absolute Gasteiger partial charge is 0.300 e. The van der Waals surface area contributed by atoms with Crippen LogP contribution in [0, 0.1) is 0 Å². The predicted octanol–water partition coefficient (Wildman–Crippen LogP) is 1.29. The van der Waals surface area contributed by atoms with Gasteiger partial charge in [-0.2, -0.15) is 0 Å². The van der Waals surface area contributed by atoms with Crippen LogP contribution in [0.15, 0.2) is 12.4 Å². The van der Waals surface area contributed by atoms with E-state index in [4.69, 9.17) is 11.6 Å². The minimum Gasteiger partial charge on any atom is -0.300 e. The molecule has 0 bridgehead atoms. The molecule has 0 spiro atoms. The van der Waals surface area contributed by atoms with E-state index in [1.165, 1.54) is 19.3 Å². The molecule has 0 amide bonds. The quantitative estimate of drug-likeness (QED) is 0.543. The Morgan fingerprint density at radius 3 is 2.54 bits per heavy atom. The van der Waals surface area contributed by atoms with Crippen LogP contribution >= 0.6 is 11.6 Å². The number of ketones is 2. The number of hydrogen-bond acceptors (Lipinski definition) is 4. The molecule has 0 saturated carbocycles. The average molecular weight is 199 g/mol. The first kappa shape index (κ1) is 9.80. The van der Waals surface area contributed by atoms with Crippen LogP contribution in [0.1, 0.15) is 23.8 Å². The minimum atomic E-state index is -0.398. The van der Waals surface area contributed by atoms with Gasteiger partial charge >= 0.3 is 0 Å². The van der Waals surface area contributed by atoms with Crippen molar-refractivity contribution in [3.63, 3.8) is 0 Å². The Hall–Kier alpha value is -1.29. The zero-order valence-corrected chi connectivity index (χ0v) is 7.71. The second-order valence-corrected chi connectivity index (χ2v) is 2.86. The average Bonchev–Trinajstić information content (AvgIpc) is 2.03. The van der Waals surface area contributed by atoms with E-state index in [2.05, 4.69) is 9.97 Å². The van der Waals surface area contributed by atoms with Crippen molar-refractivity contribution < 1.29 is 9.59 Å². The number of carbonyl (C=O) groups excluding carboxylic acids is 2. The van der Waals surface area contributed by atoms with E-state index in [1.54, 1.807) is 0 Å². The lowest BCUT2D eigenvalue weighted by Gasteiger charge is -1.97. The SMILES string of the molecule is CC(=O)CC(=O)c1nccnc1Cl. The fraction of sp³-hybridized carbons (Fsp3) is 0.250. The molecular formula is C8H7ClN2O2. The predicted molar refractivity (Wildman–Crippen MR) is 46.7 cm³/mol. The summed E-state index contributed by atoms with van der Waals surface area (Å²) in [6.45, 7) is 1.34. The number of Topliss-reactive ketones (excluding diaryl/α,β-unsaturated/α-hetero) is 2. The van der Waals surface area contributed by atoms with E-state index >= 15 is 0 Å². The number of rotatable bonds is 3. The molecule has 4 nitrogen and oxygen atoms in total. The molecule has 0 radical (unpaired) electrons. The van der Waals surface area contributed by atoms with Gasteiger partial charge in [0, 0.05) is 12.4 Å². The molecule has 0 unspecified atom stereocenters. The molecular weight excluding hydrogens is 192 g/mol. The normalized spacial score (nSPS) is 9.69. The fourth-order valence-electron chi connectivity index (χ4n) is 0.818. The molecule has 0 aliphatic heterocycles. The smallest absolute Gasteiger partial charge is 0.191 e. The molecule has 0 aliphatic carbocycles. The monoisotopic (exact) mass is 198 g/mol. The van der Waals surface area contributed by atoms with Crippen molar-refractivity contribution in [1.82, 2.24) is 9.97 Å². The standard InChI is InChI=1S/C8H7ClN2O2/c1-5(12)4-6(13)7-8(9)11-3-2-10-7/h2-3H,4H2,1H3. The molecule has 1 aromatic heterocycles. The summed E-state index contributed by atoms with van der Waals surface area (Å²) < 4.78 is 0. The van der Waals surface area contributed by atoms with Crippen molar-refractivity contribution in [2.75, 3.05) is 0 Å². The summed E-state index contributed by atoms with van der Waals surface area (Å²) in [6, 6.07) is 0. The highest BCUT2D eigenvalue weighted by Gasteiger charge is 2.13. The number of carbonyl (C=O) groups is 2. The Labute approximate surface area is 80.0 Å². The number of aromatic nitrogens is 2. The zero-order chi connectivity index (χ0) is 9.84. The van der Waals surface area contributed by atoms with Gasteiger partial charge in [-0.1, -0.05) is 11.6 Å². The van der Waals surface area contributed by atoms with Crippen LogP contribution in [0.2, 0.25) is 5.15 Å². The maximum Gasteiger partial charge on any atom is 0.191 e. The Bertz CT molecular complexity index is 352. The molecule has 0 aromatic carbocycles. The van der Waals surface area contributed by atoms with Crippen molar-refractivity contribution in [3.8, 4) is 0 Å². The fourth-order valence-corrected chi connectivity index (χ4v) is 1.03. The summed E-state index contributed by atoms with van der Waals surface area (Å²) in [5.74, 6) is -0.614. The van der Waals surface area contributed by atoms with Crippen molar-refractivity contribution in [3.05, 3.63) is 23.2 Å². The van der Waals surface area contributed by atoms with Crippen LogP contribution < -0.4 is 0 Å². The van der Waals surface area contributed by atoms with Gasteiger partial charge in [0.25, 0.3) is 0 Å². The number of halogens is 1. The summed E-state index contributed by atoms with van der Waals surface area (Å²) in [5, 5.41) is 0.0359. The van der Waals surface area contributed by atoms with Gasteiger partial charge in [0.15, 0.2) is 10.9 Å². The van der Waals surface area contributed by atoms with Crippen molar-refractivity contribution in [2.24, 2.45) is 0 Å². The lowest BCUT2D eigenvalue weighted by molar-refractivity contribution is -0.116. The molecule has 1 aromatic rings. The number of hydrogen-bond donors (Lipinski definition) is 0. The lowest BCUT2D eigenvalue weighted by atomic mass is 10.2. The molecule has 1 heterocycles. The van der Waals surface area contributed by atoms with Crippen LogP contribution in [0.3, 0.4) is 0 Å². The maximum atomic E-state index is 11.3. The van der Waals surface area contributed by atoms with Crippen LogP contribution in [-0.2, 0) is 4.79 Å². The highest BCUT2D eigenvalue weighted by Crippen LogP contribution is 2.10. The zero-order valence-electron chi connectivity index (χ0n) is 6.95. The van der Waals surface area contributed by atoms with Gasteiger partial charge in [-0.15, -0.1) is 0 Å². The Morgan fingerprint density at radius 1 is 1.38 bits per heavy atom. The summed E-state index contributed by atoms with van der Waals surface area (Å²) in [7, 11) is 0. The van der Waals surface area contributed by atoms with Gasteiger partial charge in [0.2, 0.25) is 0 Å². The lowest BCUT2D eigenvalue weighted by Crippen LogP contribution is -2.08. The van der Waals surface area contributed by atoms with Crippen molar-refractivity contribution in [2.45, 2.75) is 13.3 Å². The summed E-state index contributed by atoms with van der Waals surface area (Å²) in [6.07, 6.45) is 2.56. The highest BCUT2D eigenvalue weighted by molar-refractivity contribution is 6.32. The van der Waals surface area contributed by atoms with Gasteiger partial charge in [0.1, 0.15) is 11.5 Å². The Morgan fingerprint density at radius 2 is 2.00 bits per heavy atom. The molecule has 68 valence electrons. The first-order valence-electron chi connectivity index (χ1n) is 3.60. The third-order valence-corrected chi connectivity index (χ3v) is 1.60. The highest BCUT2D eigenvalue weighted by atomic mass is 35.5. The Kier molecular flexibility index (Phi) is 3.08. The molecule has 0 aliphatic rings. The summed E-state index contributed by atoms with van der Waals surface area (Å²) in [5.41, 5.74) is 0.0550. The van der Waals surface area contributed by atoms with E-state index < -0.39 is 5.78 Å². The molecule has 1 rings (SSSR count). The van der Waals surface area contributed by atoms with Crippen LogP contribution in [-0.4, -0.2) is 21.5 Å². The van der Waals surface area contributed by atoms with Gasteiger partial charge < -0.3 is 0 Å². The van der Waals surface area contributed by atoms with Gasteiger partial charge in [0.05, 0.1) is 6.42 Å². The van der Waals surface area contributed by atoms with E-state index in [0.717, 1.165) is 0 Å². The Balaban J connectivity index is 2.89. The molecule has 0 saturated heterocycles. The van der Waals surface area contributed by atoms with Crippen LogP contribution in [0.5, 0.6) is 0 Å². The maximum absolute atomic E-state index is 11.3. The first-order valence-corrected chi connectivity index (χ1v) is 3.98. The molecule has 0 N–H and O–H groups in total. The van der Waals surface area contributed by atoms with Crippen LogP contribution in [0.4, 0.5) is 0 Å². The minimum absolute atomic E-state index is 0.0359. The second kappa shape index (κ2) is 4.09. The number of nitrogens with zero attached hydrogens (tertiary/aromatic N) is 2. The molecule has 0 fully saturated rings. The van der Waals surface area contributed by atoms with Crippen LogP contribution in [0.25, 0.3) is 0 Å². The molecule has 5 heteroatoms. The van der Waals surface area contributed by atoms with E-state index in [9.17, 15) is 9.59 Å². The van der Waals surface area contributed by atoms with Gasteiger partial charge in [-0.25, -0.2) is 9.97 Å². The van der Waals surface area contributed by atoms with Crippen molar-refractivity contribution in [1.29, 1.82) is 0 Å². The van der Waals surface area contributed by atoms with Crippen molar-refractivity contribution >= 4 is 23.2 Å². The third kappa shape index (κ3) is 2.59. The third-order valence-electron chi connectivity index (χ3n) is 1.33. The van der Waals surface area contributed by atoms with E-state index in [0.29, 0.717) is 0 Å². The van der Waals surface area contributed by atoms with Gasteiger partial charge in [-0.05, 0) is 6.92 Å². The first-order chi connectivity index (χ1) is 6.11. The molecule has 0 atom stereocenters. The van der Waals surface area contributed by atoms with Gasteiger partial charge in [-0.3, -0.25) is 9.59 Å². The summed E-state index contributed by atoms with van der Waals surface area (Å²) >= 11 is 5.60. The second-order valence-electron chi connectivity index (χ2n) is 2.50. The topological polar surface area (TPSA) is 59.9 Å². The summed E-state index contributed by atoms with van der Waals surface area (Å²) in [4.78, 5) is 29.3. The van der Waals surface area contributed by atoms with E-state index in [-0.39, 0.29) is 23.1 Å². The van der Waals surface area contributed by atoms with E-state index in [1.807, 2.05) is 0 Å². The molecule has 13 heavy (non-hydrogen) atoms.